The van der Waals surface area contributed by atoms with Crippen LogP contribution in [0.25, 0.3) is 0 Å². The summed E-state index contributed by atoms with van der Waals surface area (Å²) in [6.07, 6.45) is -1.18. The van der Waals surface area contributed by atoms with Gasteiger partial charge >= 0.3 is 6.18 Å². The van der Waals surface area contributed by atoms with Gasteiger partial charge in [0.05, 0.1) is 5.56 Å². The number of halogens is 3. The first-order valence-corrected chi connectivity index (χ1v) is 7.08. The van der Waals surface area contributed by atoms with Crippen LogP contribution in [0.15, 0.2) is 24.3 Å². The zero-order chi connectivity index (χ0) is 14.6. The van der Waals surface area contributed by atoms with E-state index in [4.69, 9.17) is 5.73 Å². The van der Waals surface area contributed by atoms with Gasteiger partial charge in [-0.1, -0.05) is 18.2 Å². The maximum absolute atomic E-state index is 12.9. The van der Waals surface area contributed by atoms with Crippen molar-refractivity contribution in [1.82, 2.24) is 4.90 Å². The maximum atomic E-state index is 12.9. The lowest BCUT2D eigenvalue weighted by Gasteiger charge is -2.32. The summed E-state index contributed by atoms with van der Waals surface area (Å²) in [5.41, 5.74) is 5.41. The van der Waals surface area contributed by atoms with Crippen molar-refractivity contribution in [3.05, 3.63) is 35.4 Å². The first kappa shape index (κ1) is 15.3. The number of hydrogen-bond donors (Lipinski definition) is 1. The number of rotatable bonds is 4. The van der Waals surface area contributed by atoms with Crippen molar-refractivity contribution in [2.45, 2.75) is 32.0 Å². The molecule has 1 fully saturated rings. The summed E-state index contributed by atoms with van der Waals surface area (Å²) in [4.78, 5) is 2.11. The van der Waals surface area contributed by atoms with Gasteiger partial charge in [-0.2, -0.15) is 13.2 Å². The van der Waals surface area contributed by atoms with E-state index in [0.29, 0.717) is 24.6 Å². The lowest BCUT2D eigenvalue weighted by atomic mass is 9.93. The van der Waals surface area contributed by atoms with E-state index in [0.717, 1.165) is 38.4 Å². The summed E-state index contributed by atoms with van der Waals surface area (Å²) < 4.78 is 38.8. The lowest BCUT2D eigenvalue weighted by molar-refractivity contribution is -0.138. The third kappa shape index (κ3) is 3.96. The molecule has 0 saturated carbocycles. The van der Waals surface area contributed by atoms with E-state index < -0.39 is 11.7 Å². The average molecular weight is 286 g/mol. The molecule has 0 aliphatic carbocycles. The molecular formula is C15H21F3N2. The molecule has 1 aromatic carbocycles. The van der Waals surface area contributed by atoms with Crippen molar-refractivity contribution in [2.75, 3.05) is 19.6 Å². The van der Waals surface area contributed by atoms with Crippen LogP contribution in [0.1, 0.15) is 30.4 Å². The second-order valence-corrected chi connectivity index (χ2v) is 5.45. The van der Waals surface area contributed by atoms with Gasteiger partial charge < -0.3 is 5.73 Å². The highest BCUT2D eigenvalue weighted by Gasteiger charge is 2.33. The van der Waals surface area contributed by atoms with E-state index in [-0.39, 0.29) is 0 Å². The predicted molar refractivity (Wildman–Crippen MR) is 73.1 cm³/mol. The summed E-state index contributed by atoms with van der Waals surface area (Å²) in [6.45, 7) is 2.79. The fourth-order valence-electron chi connectivity index (χ4n) is 2.84. The van der Waals surface area contributed by atoms with Crippen molar-refractivity contribution in [2.24, 2.45) is 11.7 Å². The van der Waals surface area contributed by atoms with E-state index in [1.54, 1.807) is 12.1 Å². The molecule has 1 aliphatic rings. The largest absolute Gasteiger partial charge is 0.416 e. The van der Waals surface area contributed by atoms with Gasteiger partial charge in [-0.3, -0.25) is 4.90 Å². The highest BCUT2D eigenvalue weighted by Crippen LogP contribution is 2.33. The van der Waals surface area contributed by atoms with Crippen LogP contribution in [0.2, 0.25) is 0 Å². The molecule has 20 heavy (non-hydrogen) atoms. The van der Waals surface area contributed by atoms with Gasteiger partial charge in [0.25, 0.3) is 0 Å². The number of likely N-dealkylation sites (tertiary alicyclic amines) is 1. The summed E-state index contributed by atoms with van der Waals surface area (Å²) in [5.74, 6) is 0.633. The Bertz CT molecular complexity index is 423. The minimum atomic E-state index is -4.27. The van der Waals surface area contributed by atoms with Crippen LogP contribution in [0.5, 0.6) is 0 Å². The molecule has 1 heterocycles. The molecule has 2 N–H and O–H groups in total. The van der Waals surface area contributed by atoms with Gasteiger partial charge in [0.15, 0.2) is 0 Å². The standard InChI is InChI=1S/C15H21F3N2/c16-15(17,18)14-4-2-1-3-13(14)11-20-9-6-12(5-8-19)7-10-20/h1-4,12H,5-11,19H2. The second kappa shape index (κ2) is 6.59. The Kier molecular flexibility index (Phi) is 5.05. The van der Waals surface area contributed by atoms with Gasteiger partial charge in [-0.25, -0.2) is 0 Å². The predicted octanol–water partition coefficient (Wildman–Crippen LogP) is 3.27. The lowest BCUT2D eigenvalue weighted by Crippen LogP contribution is -2.34. The number of nitrogens with two attached hydrogens (primary N) is 1. The molecule has 0 amide bonds. The van der Waals surface area contributed by atoms with Crippen LogP contribution in [0.4, 0.5) is 13.2 Å². The Morgan fingerprint density at radius 3 is 2.40 bits per heavy atom. The summed E-state index contributed by atoms with van der Waals surface area (Å²) >= 11 is 0. The second-order valence-electron chi connectivity index (χ2n) is 5.45. The molecule has 0 spiro atoms. The van der Waals surface area contributed by atoms with Crippen LogP contribution in [0, 0.1) is 5.92 Å². The Balaban J connectivity index is 1.98. The average Bonchev–Trinajstić information content (AvgIpc) is 2.41. The zero-order valence-corrected chi connectivity index (χ0v) is 11.5. The number of benzene rings is 1. The fourth-order valence-corrected chi connectivity index (χ4v) is 2.84. The normalized spacial score (nSPS) is 18.4. The molecule has 2 nitrogen and oxygen atoms in total. The molecule has 0 radical (unpaired) electrons. The summed E-state index contributed by atoms with van der Waals surface area (Å²) in [5, 5.41) is 0. The highest BCUT2D eigenvalue weighted by atomic mass is 19.4. The minimum Gasteiger partial charge on any atom is -0.330 e. The molecule has 0 atom stereocenters. The van der Waals surface area contributed by atoms with Gasteiger partial charge in [0.1, 0.15) is 0 Å². The van der Waals surface area contributed by atoms with Gasteiger partial charge in [0, 0.05) is 6.54 Å². The van der Waals surface area contributed by atoms with Gasteiger partial charge in [-0.05, 0) is 56.4 Å². The fraction of sp³-hybridized carbons (Fsp3) is 0.600. The molecule has 0 bridgehead atoms. The Labute approximate surface area is 117 Å². The minimum absolute atomic E-state index is 0.372. The summed E-state index contributed by atoms with van der Waals surface area (Å²) in [6, 6.07) is 5.86. The third-order valence-electron chi connectivity index (χ3n) is 4.00. The van der Waals surface area contributed by atoms with Gasteiger partial charge in [0.2, 0.25) is 0 Å². The first-order valence-electron chi connectivity index (χ1n) is 7.08. The molecular weight excluding hydrogens is 265 g/mol. The third-order valence-corrected chi connectivity index (χ3v) is 4.00. The topological polar surface area (TPSA) is 29.3 Å². The van der Waals surface area contributed by atoms with Crippen molar-refractivity contribution >= 4 is 0 Å². The van der Waals surface area contributed by atoms with Crippen LogP contribution in [0.3, 0.4) is 0 Å². The summed E-state index contributed by atoms with van der Waals surface area (Å²) in [7, 11) is 0. The van der Waals surface area contributed by atoms with E-state index in [9.17, 15) is 13.2 Å². The number of nitrogens with zero attached hydrogens (tertiary/aromatic N) is 1. The zero-order valence-electron chi connectivity index (χ0n) is 11.5. The van der Waals surface area contributed by atoms with E-state index in [1.807, 2.05) is 0 Å². The van der Waals surface area contributed by atoms with E-state index in [2.05, 4.69) is 4.90 Å². The first-order chi connectivity index (χ1) is 9.50. The van der Waals surface area contributed by atoms with Crippen molar-refractivity contribution in [1.29, 1.82) is 0 Å². The molecule has 2 rings (SSSR count). The van der Waals surface area contributed by atoms with Crippen LogP contribution < -0.4 is 5.73 Å². The SMILES string of the molecule is NCCC1CCN(Cc2ccccc2C(F)(F)F)CC1. The van der Waals surface area contributed by atoms with Crippen LogP contribution >= 0.6 is 0 Å². The Morgan fingerprint density at radius 2 is 1.80 bits per heavy atom. The molecule has 5 heteroatoms. The maximum Gasteiger partial charge on any atom is 0.416 e. The highest BCUT2D eigenvalue weighted by molar-refractivity contribution is 5.29. The molecule has 1 aromatic rings. The molecule has 0 unspecified atom stereocenters. The smallest absolute Gasteiger partial charge is 0.330 e. The number of piperidine rings is 1. The Morgan fingerprint density at radius 1 is 1.15 bits per heavy atom. The van der Waals surface area contributed by atoms with Crippen LogP contribution in [-0.2, 0) is 12.7 Å². The van der Waals surface area contributed by atoms with Crippen LogP contribution in [-0.4, -0.2) is 24.5 Å². The molecule has 1 saturated heterocycles. The quantitative estimate of drug-likeness (QED) is 0.920. The van der Waals surface area contributed by atoms with Crippen molar-refractivity contribution in [3.8, 4) is 0 Å². The molecule has 112 valence electrons. The number of alkyl halides is 3. The van der Waals surface area contributed by atoms with Gasteiger partial charge in [-0.15, -0.1) is 0 Å². The van der Waals surface area contributed by atoms with Crippen molar-refractivity contribution < 1.29 is 13.2 Å². The number of hydrogen-bond acceptors (Lipinski definition) is 2. The molecule has 1 aliphatic heterocycles. The Hall–Kier alpha value is -1.07. The monoisotopic (exact) mass is 286 g/mol. The van der Waals surface area contributed by atoms with E-state index >= 15 is 0 Å². The molecule has 0 aromatic heterocycles. The van der Waals surface area contributed by atoms with Crippen molar-refractivity contribution in [3.63, 3.8) is 0 Å². The van der Waals surface area contributed by atoms with E-state index in [1.165, 1.54) is 6.07 Å².